The molecule has 2 bridgehead atoms. The Labute approximate surface area is 186 Å². The standard InChI is InChI=1S/C23H21F5N2O3/c1-11-6-12(2-5-18(11)24)29-21(32)16-9-17(20(26)10-19(16)25)23(27,28)22(33)30-13-3-4-14(30)8-15(31)7-13/h2,5-6,9-10,13-15,31H,3-4,7-8H2,1H3,(H,29,32)/t13-,14+,15-. The molecule has 2 amide bonds. The van der Waals surface area contributed by atoms with Gasteiger partial charge in [0.2, 0.25) is 0 Å². The molecular formula is C23H21F5N2O3. The van der Waals surface area contributed by atoms with Crippen molar-refractivity contribution in [2.45, 2.75) is 56.7 Å². The summed E-state index contributed by atoms with van der Waals surface area (Å²) >= 11 is 0. The van der Waals surface area contributed by atoms with E-state index in [0.29, 0.717) is 18.9 Å². The number of piperidine rings is 1. The minimum atomic E-state index is -4.36. The van der Waals surface area contributed by atoms with E-state index in [1.54, 1.807) is 0 Å². The predicted octanol–water partition coefficient (Wildman–Crippen LogP) is 4.27. The molecule has 2 saturated heterocycles. The van der Waals surface area contributed by atoms with E-state index in [9.17, 15) is 27.9 Å². The zero-order valence-electron chi connectivity index (χ0n) is 17.5. The quantitative estimate of drug-likeness (QED) is 0.659. The molecule has 0 radical (unpaired) electrons. The van der Waals surface area contributed by atoms with Crippen molar-refractivity contribution in [3.05, 3.63) is 64.5 Å². The zero-order chi connectivity index (χ0) is 24.1. The van der Waals surface area contributed by atoms with E-state index in [-0.39, 0.29) is 30.2 Å². The maximum atomic E-state index is 15.2. The number of carbonyl (C=O) groups excluding carboxylic acids is 2. The molecule has 0 aromatic heterocycles. The number of rotatable bonds is 4. The second kappa shape index (κ2) is 8.40. The molecule has 2 aromatic carbocycles. The Hall–Kier alpha value is -3.01. The van der Waals surface area contributed by atoms with Crippen molar-refractivity contribution in [1.29, 1.82) is 0 Å². The third kappa shape index (κ3) is 4.19. The molecule has 176 valence electrons. The average molecular weight is 468 g/mol. The number of alkyl halides is 2. The van der Waals surface area contributed by atoms with Crippen LogP contribution in [0.5, 0.6) is 0 Å². The van der Waals surface area contributed by atoms with Crippen molar-refractivity contribution in [2.24, 2.45) is 0 Å². The van der Waals surface area contributed by atoms with E-state index >= 15 is 8.78 Å². The summed E-state index contributed by atoms with van der Waals surface area (Å²) in [5, 5.41) is 12.1. The first kappa shape index (κ1) is 23.2. The summed E-state index contributed by atoms with van der Waals surface area (Å²) in [4.78, 5) is 26.3. The molecular weight excluding hydrogens is 447 g/mol. The van der Waals surface area contributed by atoms with Crippen LogP contribution in [0, 0.1) is 24.4 Å². The van der Waals surface area contributed by atoms with Gasteiger partial charge in [0.25, 0.3) is 11.8 Å². The molecule has 10 heteroatoms. The summed E-state index contributed by atoms with van der Waals surface area (Å²) in [7, 11) is 0. The van der Waals surface area contributed by atoms with Crippen LogP contribution in [0.4, 0.5) is 27.6 Å². The van der Waals surface area contributed by atoms with Crippen molar-refractivity contribution in [1.82, 2.24) is 4.90 Å². The highest BCUT2D eigenvalue weighted by Gasteiger charge is 2.53. The molecule has 2 fully saturated rings. The van der Waals surface area contributed by atoms with Crippen molar-refractivity contribution in [2.75, 3.05) is 5.32 Å². The molecule has 2 aliphatic rings. The number of aliphatic hydroxyl groups excluding tert-OH is 1. The van der Waals surface area contributed by atoms with Crippen LogP contribution in [0.1, 0.15) is 47.2 Å². The molecule has 0 spiro atoms. The summed E-state index contributed by atoms with van der Waals surface area (Å²) in [5.74, 6) is -10.8. The minimum Gasteiger partial charge on any atom is -0.393 e. The SMILES string of the molecule is Cc1cc(NC(=O)c2cc(C(F)(F)C(=O)N3[C@@H]4CC[C@H]3C[C@H](O)C4)c(F)cc2F)ccc1F. The van der Waals surface area contributed by atoms with E-state index in [4.69, 9.17) is 0 Å². The number of halogens is 5. The Morgan fingerprint density at radius 2 is 1.64 bits per heavy atom. The molecule has 4 rings (SSSR count). The summed E-state index contributed by atoms with van der Waals surface area (Å²) in [6, 6.07) is 2.80. The molecule has 2 N–H and O–H groups in total. The van der Waals surface area contributed by atoms with E-state index in [1.165, 1.54) is 19.1 Å². The maximum Gasteiger partial charge on any atom is 0.352 e. The van der Waals surface area contributed by atoms with Crippen LogP contribution >= 0.6 is 0 Å². The smallest absolute Gasteiger partial charge is 0.352 e. The second-order valence-electron chi connectivity index (χ2n) is 8.53. The fourth-order valence-electron chi connectivity index (χ4n) is 4.64. The number of fused-ring (bicyclic) bond motifs is 2. The maximum absolute atomic E-state index is 15.2. The summed E-state index contributed by atoms with van der Waals surface area (Å²) in [6.07, 6.45) is 0.484. The zero-order valence-corrected chi connectivity index (χ0v) is 17.5. The summed E-state index contributed by atoms with van der Waals surface area (Å²) in [6.45, 7) is 1.43. The first-order valence-corrected chi connectivity index (χ1v) is 10.4. The van der Waals surface area contributed by atoms with Crippen molar-refractivity contribution in [3.63, 3.8) is 0 Å². The first-order chi connectivity index (χ1) is 15.5. The molecule has 0 saturated carbocycles. The normalized spacial score (nSPS) is 22.4. The lowest BCUT2D eigenvalue weighted by Gasteiger charge is -2.39. The van der Waals surface area contributed by atoms with E-state index in [2.05, 4.69) is 5.32 Å². The first-order valence-electron chi connectivity index (χ1n) is 10.4. The lowest BCUT2D eigenvalue weighted by atomic mass is 9.96. The number of nitrogens with one attached hydrogen (secondary N) is 1. The third-order valence-electron chi connectivity index (χ3n) is 6.27. The molecule has 2 aliphatic heterocycles. The number of hydrogen-bond acceptors (Lipinski definition) is 3. The van der Waals surface area contributed by atoms with Crippen LogP contribution in [0.15, 0.2) is 30.3 Å². The number of amides is 2. The number of aliphatic hydroxyl groups is 1. The third-order valence-corrected chi connectivity index (χ3v) is 6.27. The van der Waals surface area contributed by atoms with Crippen molar-refractivity contribution < 1.29 is 36.6 Å². The topological polar surface area (TPSA) is 69.6 Å². The number of carbonyl (C=O) groups is 2. The minimum absolute atomic E-state index is 0.0791. The lowest BCUT2D eigenvalue weighted by molar-refractivity contribution is -0.166. The summed E-state index contributed by atoms with van der Waals surface area (Å²) < 4.78 is 72.5. The van der Waals surface area contributed by atoms with Gasteiger partial charge in [-0.2, -0.15) is 8.78 Å². The fraction of sp³-hybridized carbons (Fsp3) is 0.391. The molecule has 5 nitrogen and oxygen atoms in total. The van der Waals surface area contributed by atoms with E-state index in [0.717, 1.165) is 11.0 Å². The Kier molecular flexibility index (Phi) is 5.90. The number of nitrogens with zero attached hydrogens (tertiary/aromatic N) is 1. The molecule has 2 heterocycles. The number of aryl methyl sites for hydroxylation is 1. The van der Waals surface area contributed by atoms with Gasteiger partial charge in [0.15, 0.2) is 0 Å². The molecule has 2 aromatic rings. The van der Waals surface area contributed by atoms with Gasteiger partial charge in [-0.3, -0.25) is 9.59 Å². The summed E-state index contributed by atoms with van der Waals surface area (Å²) in [5.41, 5.74) is -2.04. The Bertz CT molecular complexity index is 1110. The highest BCUT2D eigenvalue weighted by atomic mass is 19.3. The number of benzene rings is 2. The molecule has 33 heavy (non-hydrogen) atoms. The molecule has 0 unspecified atom stereocenters. The lowest BCUT2D eigenvalue weighted by Crippen LogP contribution is -2.53. The van der Waals surface area contributed by atoms with Gasteiger partial charge in [-0.1, -0.05) is 0 Å². The Morgan fingerprint density at radius 1 is 1.00 bits per heavy atom. The molecule has 3 atom stereocenters. The van der Waals surface area contributed by atoms with Crippen LogP contribution in [-0.2, 0) is 10.7 Å². The van der Waals surface area contributed by atoms with Crippen LogP contribution in [0.3, 0.4) is 0 Å². The van der Waals surface area contributed by atoms with Gasteiger partial charge in [0.05, 0.1) is 17.2 Å². The van der Waals surface area contributed by atoms with Crippen LogP contribution in [0.2, 0.25) is 0 Å². The monoisotopic (exact) mass is 468 g/mol. The van der Waals surface area contributed by atoms with E-state index < -0.39 is 64.5 Å². The largest absolute Gasteiger partial charge is 0.393 e. The van der Waals surface area contributed by atoms with Crippen LogP contribution in [0.25, 0.3) is 0 Å². The van der Waals surface area contributed by atoms with Gasteiger partial charge in [0, 0.05) is 23.8 Å². The number of anilines is 1. The number of hydrogen-bond donors (Lipinski definition) is 2. The molecule has 0 aliphatic carbocycles. The average Bonchev–Trinajstić information content (AvgIpc) is 3.00. The van der Waals surface area contributed by atoms with E-state index in [1.807, 2.05) is 0 Å². The second-order valence-corrected chi connectivity index (χ2v) is 8.53. The van der Waals surface area contributed by atoms with Gasteiger partial charge in [-0.25, -0.2) is 13.2 Å². The fourth-order valence-corrected chi connectivity index (χ4v) is 4.64. The van der Waals surface area contributed by atoms with Gasteiger partial charge in [-0.15, -0.1) is 0 Å². The highest BCUT2D eigenvalue weighted by molar-refractivity contribution is 6.04. The predicted molar refractivity (Wildman–Crippen MR) is 108 cm³/mol. The van der Waals surface area contributed by atoms with Gasteiger partial charge < -0.3 is 15.3 Å². The van der Waals surface area contributed by atoms with Gasteiger partial charge in [-0.05, 0) is 62.4 Å². The van der Waals surface area contributed by atoms with Crippen LogP contribution < -0.4 is 5.32 Å². The van der Waals surface area contributed by atoms with Gasteiger partial charge >= 0.3 is 5.92 Å². The Morgan fingerprint density at radius 3 is 2.24 bits per heavy atom. The van der Waals surface area contributed by atoms with Gasteiger partial charge in [0.1, 0.15) is 17.5 Å². The van der Waals surface area contributed by atoms with Crippen LogP contribution in [-0.4, -0.2) is 40.0 Å². The highest BCUT2D eigenvalue weighted by Crippen LogP contribution is 2.41. The Balaban J connectivity index is 1.64. The van der Waals surface area contributed by atoms with Crippen molar-refractivity contribution >= 4 is 17.5 Å². The van der Waals surface area contributed by atoms with Crippen molar-refractivity contribution in [3.8, 4) is 0 Å².